The molecule has 2 aromatic carbocycles. The fourth-order valence-electron chi connectivity index (χ4n) is 3.46. The second-order valence-electron chi connectivity index (χ2n) is 7.27. The van der Waals surface area contributed by atoms with Crippen LogP contribution in [0.3, 0.4) is 0 Å². The van der Waals surface area contributed by atoms with E-state index in [4.69, 9.17) is 10.00 Å². The first-order valence-electron chi connectivity index (χ1n) is 9.52. The zero-order valence-electron chi connectivity index (χ0n) is 16.3. The third-order valence-electron chi connectivity index (χ3n) is 4.63. The molecule has 2 atom stereocenters. The molecule has 0 saturated carbocycles. The molecule has 0 aromatic heterocycles. The number of nitriles is 1. The number of hydrogen-bond acceptors (Lipinski definition) is 4. The largest absolute Gasteiger partial charge is 0.373 e. The Kier molecular flexibility index (Phi) is 6.64. The molecule has 1 fully saturated rings. The Labute approximate surface area is 166 Å². The van der Waals surface area contributed by atoms with E-state index >= 15 is 0 Å². The van der Waals surface area contributed by atoms with E-state index in [1.54, 1.807) is 24.3 Å². The van der Waals surface area contributed by atoms with Crippen molar-refractivity contribution in [3.8, 4) is 6.07 Å². The van der Waals surface area contributed by atoms with Gasteiger partial charge in [0.05, 0.1) is 23.8 Å². The van der Waals surface area contributed by atoms with Gasteiger partial charge in [0.15, 0.2) is 0 Å². The van der Waals surface area contributed by atoms with Crippen molar-refractivity contribution in [1.82, 2.24) is 10.2 Å². The molecule has 6 nitrogen and oxygen atoms in total. The summed E-state index contributed by atoms with van der Waals surface area (Å²) in [5.74, 6) is 0. The molecule has 2 aromatic rings. The van der Waals surface area contributed by atoms with Crippen LogP contribution in [0.4, 0.5) is 10.5 Å². The number of hydrogen-bond donors (Lipinski definition) is 2. The smallest absolute Gasteiger partial charge is 0.319 e. The van der Waals surface area contributed by atoms with Crippen LogP contribution in [0.1, 0.15) is 30.5 Å². The molecule has 2 amide bonds. The molecule has 6 heteroatoms. The Hall–Kier alpha value is -2.88. The minimum Gasteiger partial charge on any atom is -0.373 e. The summed E-state index contributed by atoms with van der Waals surface area (Å²) in [6, 6.07) is 16.9. The number of carbonyl (C=O) groups is 1. The number of anilines is 1. The highest BCUT2D eigenvalue weighted by Gasteiger charge is 2.21. The molecule has 0 aliphatic carbocycles. The second kappa shape index (κ2) is 9.36. The normalized spacial score (nSPS) is 19.6. The van der Waals surface area contributed by atoms with Crippen molar-refractivity contribution >= 4 is 11.7 Å². The Bertz CT molecular complexity index is 834. The van der Waals surface area contributed by atoms with Gasteiger partial charge in [-0.1, -0.05) is 30.3 Å². The van der Waals surface area contributed by atoms with Gasteiger partial charge in [0, 0.05) is 31.9 Å². The summed E-state index contributed by atoms with van der Waals surface area (Å²) >= 11 is 0. The van der Waals surface area contributed by atoms with Gasteiger partial charge in [0.2, 0.25) is 0 Å². The van der Waals surface area contributed by atoms with Crippen LogP contribution in [0.15, 0.2) is 48.5 Å². The highest BCUT2D eigenvalue weighted by molar-refractivity contribution is 5.89. The minimum absolute atomic E-state index is 0.264. The van der Waals surface area contributed by atoms with E-state index in [9.17, 15) is 4.79 Å². The first-order chi connectivity index (χ1) is 13.5. The summed E-state index contributed by atoms with van der Waals surface area (Å²) < 4.78 is 5.78. The highest BCUT2D eigenvalue weighted by atomic mass is 16.5. The number of urea groups is 1. The molecule has 0 spiro atoms. The van der Waals surface area contributed by atoms with Gasteiger partial charge in [-0.05, 0) is 43.2 Å². The molecule has 1 aliphatic heterocycles. The second-order valence-corrected chi connectivity index (χ2v) is 7.27. The maximum absolute atomic E-state index is 12.1. The van der Waals surface area contributed by atoms with E-state index in [2.05, 4.69) is 47.6 Å². The van der Waals surface area contributed by atoms with Crippen LogP contribution in [-0.4, -0.2) is 36.2 Å². The van der Waals surface area contributed by atoms with E-state index < -0.39 is 0 Å². The monoisotopic (exact) mass is 378 g/mol. The van der Waals surface area contributed by atoms with Gasteiger partial charge in [-0.3, -0.25) is 4.90 Å². The molecule has 1 heterocycles. The van der Waals surface area contributed by atoms with Crippen molar-refractivity contribution in [2.45, 2.75) is 39.1 Å². The van der Waals surface area contributed by atoms with Crippen LogP contribution in [0, 0.1) is 11.3 Å². The van der Waals surface area contributed by atoms with Crippen molar-refractivity contribution in [1.29, 1.82) is 5.26 Å². The van der Waals surface area contributed by atoms with Gasteiger partial charge in [0.1, 0.15) is 0 Å². The fourth-order valence-corrected chi connectivity index (χ4v) is 3.46. The molecule has 1 saturated heterocycles. The lowest BCUT2D eigenvalue weighted by atomic mass is 10.1. The van der Waals surface area contributed by atoms with Gasteiger partial charge >= 0.3 is 6.03 Å². The van der Waals surface area contributed by atoms with E-state index in [1.807, 2.05) is 12.1 Å². The Morgan fingerprint density at radius 2 is 1.82 bits per heavy atom. The lowest BCUT2D eigenvalue weighted by Gasteiger charge is -2.35. The molecule has 146 valence electrons. The predicted molar refractivity (Wildman–Crippen MR) is 109 cm³/mol. The van der Waals surface area contributed by atoms with Crippen LogP contribution in [0.25, 0.3) is 0 Å². The molecular formula is C22H26N4O2. The van der Waals surface area contributed by atoms with Crippen LogP contribution in [0.5, 0.6) is 0 Å². The average molecular weight is 378 g/mol. The number of benzene rings is 2. The predicted octanol–water partition coefficient (Wildman–Crippen LogP) is 3.49. The molecule has 28 heavy (non-hydrogen) atoms. The number of nitrogens with one attached hydrogen (secondary N) is 2. The summed E-state index contributed by atoms with van der Waals surface area (Å²) in [4.78, 5) is 14.5. The third kappa shape index (κ3) is 5.81. The standard InChI is InChI=1S/C22H26N4O2/c1-16-13-26(14-17(2)28-16)15-19-8-6-18(7-9-19)12-24-22(27)25-21-5-3-4-20(10-21)11-23/h3-10,16-17H,12-15H2,1-2H3,(H2,24,25,27). The first kappa shape index (κ1) is 19.9. The molecule has 0 bridgehead atoms. The minimum atomic E-state index is -0.296. The van der Waals surface area contributed by atoms with Gasteiger partial charge < -0.3 is 15.4 Å². The van der Waals surface area contributed by atoms with E-state index in [1.165, 1.54) is 5.56 Å². The van der Waals surface area contributed by atoms with Crippen LogP contribution < -0.4 is 10.6 Å². The first-order valence-corrected chi connectivity index (χ1v) is 9.52. The lowest BCUT2D eigenvalue weighted by molar-refractivity contribution is -0.0704. The maximum atomic E-state index is 12.1. The summed E-state index contributed by atoms with van der Waals surface area (Å²) in [7, 11) is 0. The van der Waals surface area contributed by atoms with Gasteiger partial charge in [-0.2, -0.15) is 5.26 Å². The quantitative estimate of drug-likeness (QED) is 0.835. The molecule has 3 rings (SSSR count). The molecule has 2 unspecified atom stereocenters. The van der Waals surface area contributed by atoms with E-state index in [-0.39, 0.29) is 18.2 Å². The number of ether oxygens (including phenoxy) is 1. The van der Waals surface area contributed by atoms with E-state index in [0.29, 0.717) is 17.8 Å². The summed E-state index contributed by atoms with van der Waals surface area (Å²) in [6.45, 7) is 7.46. The van der Waals surface area contributed by atoms with Crippen LogP contribution >= 0.6 is 0 Å². The average Bonchev–Trinajstić information content (AvgIpc) is 2.67. The molecular weight excluding hydrogens is 352 g/mol. The summed E-state index contributed by atoms with van der Waals surface area (Å²) in [5, 5.41) is 14.5. The van der Waals surface area contributed by atoms with Crippen molar-refractivity contribution in [3.05, 3.63) is 65.2 Å². The number of morpholine rings is 1. The topological polar surface area (TPSA) is 77.4 Å². The SMILES string of the molecule is CC1CN(Cc2ccc(CNC(=O)Nc3cccc(C#N)c3)cc2)CC(C)O1. The summed E-state index contributed by atoms with van der Waals surface area (Å²) in [6.07, 6.45) is 0.527. The molecule has 2 N–H and O–H groups in total. The number of amides is 2. The van der Waals surface area contributed by atoms with Gasteiger partial charge in [0.25, 0.3) is 0 Å². The number of nitrogens with zero attached hydrogens (tertiary/aromatic N) is 2. The van der Waals surface area contributed by atoms with Crippen molar-refractivity contribution in [2.75, 3.05) is 18.4 Å². The zero-order valence-corrected chi connectivity index (χ0v) is 16.3. The molecule has 1 aliphatic rings. The Balaban J connectivity index is 1.47. The Morgan fingerprint density at radius 1 is 1.14 bits per heavy atom. The fraction of sp³-hybridized carbons (Fsp3) is 0.364. The summed E-state index contributed by atoms with van der Waals surface area (Å²) in [5.41, 5.74) is 3.40. The lowest BCUT2D eigenvalue weighted by Crippen LogP contribution is -2.44. The van der Waals surface area contributed by atoms with Gasteiger partial charge in [-0.15, -0.1) is 0 Å². The van der Waals surface area contributed by atoms with E-state index in [0.717, 1.165) is 25.2 Å². The number of rotatable bonds is 5. The number of carbonyl (C=O) groups excluding carboxylic acids is 1. The highest BCUT2D eigenvalue weighted by Crippen LogP contribution is 2.15. The van der Waals surface area contributed by atoms with Crippen LogP contribution in [0.2, 0.25) is 0 Å². The Morgan fingerprint density at radius 3 is 2.50 bits per heavy atom. The van der Waals surface area contributed by atoms with Crippen molar-refractivity contribution in [2.24, 2.45) is 0 Å². The third-order valence-corrected chi connectivity index (χ3v) is 4.63. The maximum Gasteiger partial charge on any atom is 0.319 e. The van der Waals surface area contributed by atoms with Crippen molar-refractivity contribution in [3.63, 3.8) is 0 Å². The van der Waals surface area contributed by atoms with Crippen molar-refractivity contribution < 1.29 is 9.53 Å². The zero-order chi connectivity index (χ0) is 19.9. The van der Waals surface area contributed by atoms with Gasteiger partial charge in [-0.25, -0.2) is 4.79 Å². The van der Waals surface area contributed by atoms with Crippen LogP contribution in [-0.2, 0) is 17.8 Å². The molecule has 0 radical (unpaired) electrons.